The van der Waals surface area contributed by atoms with Crippen LogP contribution in [0.4, 0.5) is 18.9 Å². The molecule has 10 heteroatoms. The van der Waals surface area contributed by atoms with E-state index in [2.05, 4.69) is 4.72 Å². The van der Waals surface area contributed by atoms with Crippen molar-refractivity contribution < 1.29 is 31.5 Å². The number of hydrogen-bond donors (Lipinski definition) is 2. The molecule has 170 valence electrons. The maximum absolute atomic E-state index is 13.2. The lowest BCUT2D eigenvalue weighted by molar-refractivity contribution is -0.137. The van der Waals surface area contributed by atoms with Crippen molar-refractivity contribution in [3.63, 3.8) is 0 Å². The van der Waals surface area contributed by atoms with Crippen LogP contribution in [0, 0.1) is 6.92 Å². The van der Waals surface area contributed by atoms with Crippen LogP contribution >= 0.6 is 11.3 Å². The molecular weight excluding hydrogens is 475 g/mol. The largest absolute Gasteiger partial charge is 0.478 e. The molecule has 4 rings (SSSR count). The van der Waals surface area contributed by atoms with E-state index in [4.69, 9.17) is 0 Å². The van der Waals surface area contributed by atoms with Crippen LogP contribution in [0.25, 0.3) is 20.5 Å². The highest BCUT2D eigenvalue weighted by atomic mass is 32.2. The summed E-state index contributed by atoms with van der Waals surface area (Å²) >= 11 is 1.44. The highest BCUT2D eigenvalue weighted by molar-refractivity contribution is 7.92. The third-order valence-electron chi connectivity index (χ3n) is 4.89. The molecule has 0 aliphatic carbocycles. The van der Waals surface area contributed by atoms with Crippen molar-refractivity contribution in [1.82, 2.24) is 0 Å². The fourth-order valence-corrected chi connectivity index (χ4v) is 5.62. The zero-order valence-electron chi connectivity index (χ0n) is 17.0. The Bertz CT molecular complexity index is 1460. The van der Waals surface area contributed by atoms with E-state index in [1.54, 1.807) is 6.07 Å². The van der Waals surface area contributed by atoms with Crippen molar-refractivity contribution in [3.05, 3.63) is 83.4 Å². The van der Waals surface area contributed by atoms with Crippen LogP contribution in [0.15, 0.2) is 71.6 Å². The Labute approximate surface area is 191 Å². The van der Waals surface area contributed by atoms with E-state index >= 15 is 0 Å². The van der Waals surface area contributed by atoms with Gasteiger partial charge >= 0.3 is 12.1 Å². The minimum atomic E-state index is -4.73. The lowest BCUT2D eigenvalue weighted by Gasteiger charge is -2.14. The van der Waals surface area contributed by atoms with Crippen molar-refractivity contribution >= 4 is 43.1 Å². The second kappa shape index (κ2) is 8.20. The maximum Gasteiger partial charge on any atom is 0.416 e. The van der Waals surface area contributed by atoms with Crippen molar-refractivity contribution in [1.29, 1.82) is 0 Å². The van der Waals surface area contributed by atoms with E-state index in [1.807, 2.05) is 30.3 Å². The number of anilines is 1. The van der Waals surface area contributed by atoms with Crippen LogP contribution in [-0.4, -0.2) is 19.5 Å². The molecule has 0 unspecified atom stereocenters. The normalized spacial score (nSPS) is 12.1. The molecule has 33 heavy (non-hydrogen) atoms. The molecule has 2 N–H and O–H groups in total. The third kappa shape index (κ3) is 4.71. The summed E-state index contributed by atoms with van der Waals surface area (Å²) in [5.74, 6) is -1.38. The molecule has 4 aromatic rings. The van der Waals surface area contributed by atoms with E-state index in [0.29, 0.717) is 11.6 Å². The van der Waals surface area contributed by atoms with Crippen molar-refractivity contribution in [2.45, 2.75) is 18.0 Å². The molecule has 0 atom stereocenters. The number of halogens is 3. The van der Waals surface area contributed by atoms with Crippen molar-refractivity contribution in [2.24, 2.45) is 0 Å². The van der Waals surface area contributed by atoms with Gasteiger partial charge in [-0.2, -0.15) is 13.2 Å². The minimum absolute atomic E-state index is 0.0997. The summed E-state index contributed by atoms with van der Waals surface area (Å²) in [6.45, 7) is 1.35. The van der Waals surface area contributed by atoms with Crippen LogP contribution in [0.3, 0.4) is 0 Å². The first-order chi connectivity index (χ1) is 15.4. The SMILES string of the molecule is Cc1cc(C(F)(F)F)cc(S(=O)(=O)Nc2cc(-c3cc4ccccc4s3)ccc2C(=O)O)c1. The zero-order chi connectivity index (χ0) is 24.0. The molecule has 0 aliphatic rings. The summed E-state index contributed by atoms with van der Waals surface area (Å²) in [6, 6.07) is 16.1. The van der Waals surface area contributed by atoms with Gasteiger partial charge in [0.2, 0.25) is 0 Å². The van der Waals surface area contributed by atoms with Gasteiger partial charge in [0, 0.05) is 9.58 Å². The van der Waals surface area contributed by atoms with Crippen molar-refractivity contribution in [3.8, 4) is 10.4 Å². The van der Waals surface area contributed by atoms with E-state index in [1.165, 1.54) is 30.4 Å². The van der Waals surface area contributed by atoms with E-state index in [0.717, 1.165) is 27.1 Å². The molecule has 0 saturated heterocycles. The molecule has 1 heterocycles. The summed E-state index contributed by atoms with van der Waals surface area (Å²) in [5, 5.41) is 10.5. The van der Waals surface area contributed by atoms with E-state index < -0.39 is 32.6 Å². The number of rotatable bonds is 5. The molecule has 1 aromatic heterocycles. The number of carbonyl (C=O) groups is 1. The number of thiophene rings is 1. The topological polar surface area (TPSA) is 83.5 Å². The number of carboxylic acids is 1. The Hall–Kier alpha value is -3.37. The fourth-order valence-electron chi connectivity index (χ4n) is 3.36. The first-order valence-corrected chi connectivity index (χ1v) is 11.8. The van der Waals surface area contributed by atoms with Gasteiger partial charge in [0.15, 0.2) is 0 Å². The smallest absolute Gasteiger partial charge is 0.416 e. The van der Waals surface area contributed by atoms with E-state index in [-0.39, 0.29) is 16.8 Å². The summed E-state index contributed by atoms with van der Waals surface area (Å²) < 4.78 is 68.5. The van der Waals surface area contributed by atoms with Crippen molar-refractivity contribution in [2.75, 3.05) is 4.72 Å². The Morgan fingerprint density at radius 1 is 1.00 bits per heavy atom. The predicted octanol–water partition coefficient (Wildman–Crippen LogP) is 6.39. The van der Waals surface area contributed by atoms with Crippen LogP contribution < -0.4 is 4.72 Å². The second-order valence-corrected chi connectivity index (χ2v) is 10.1. The van der Waals surface area contributed by atoms with Gasteiger partial charge in [0.25, 0.3) is 10.0 Å². The molecule has 0 radical (unpaired) electrons. The number of nitrogens with one attached hydrogen (secondary N) is 1. The number of fused-ring (bicyclic) bond motifs is 1. The Kier molecular flexibility index (Phi) is 5.67. The summed E-state index contributed by atoms with van der Waals surface area (Å²) in [7, 11) is -4.51. The maximum atomic E-state index is 13.2. The summed E-state index contributed by atoms with van der Waals surface area (Å²) in [6.07, 6.45) is -4.73. The number of benzene rings is 3. The van der Waals surface area contributed by atoms with Gasteiger partial charge in [0.1, 0.15) is 0 Å². The monoisotopic (exact) mass is 491 g/mol. The number of sulfonamides is 1. The summed E-state index contributed by atoms with van der Waals surface area (Å²) in [5.41, 5.74) is -1.01. The standard InChI is InChI=1S/C23H16F3NO4S2/c1-13-8-16(23(24,25)26)12-17(9-13)33(30,31)27-19-10-15(6-7-18(19)22(28)29)21-11-14-4-2-3-5-20(14)32-21/h2-12,27H,1H3,(H,28,29). The van der Waals surface area contributed by atoms with Crippen LogP contribution in [0.1, 0.15) is 21.5 Å². The fraction of sp³-hybridized carbons (Fsp3) is 0.0870. The molecule has 3 aromatic carbocycles. The number of hydrogen-bond acceptors (Lipinski definition) is 4. The molecule has 0 aliphatic heterocycles. The highest BCUT2D eigenvalue weighted by Gasteiger charge is 2.32. The molecule has 0 spiro atoms. The zero-order valence-corrected chi connectivity index (χ0v) is 18.6. The van der Waals surface area contributed by atoms with E-state index in [9.17, 15) is 31.5 Å². The van der Waals surface area contributed by atoms with Gasteiger partial charge in [0.05, 0.1) is 21.7 Å². The van der Waals surface area contributed by atoms with Gasteiger partial charge in [-0.3, -0.25) is 4.72 Å². The van der Waals surface area contributed by atoms with Gasteiger partial charge in [-0.05, 0) is 65.9 Å². The average Bonchev–Trinajstić information content (AvgIpc) is 3.16. The molecule has 0 saturated carbocycles. The quantitative estimate of drug-likeness (QED) is 0.339. The second-order valence-electron chi connectivity index (χ2n) is 7.35. The van der Waals surface area contributed by atoms with Crippen LogP contribution in [-0.2, 0) is 16.2 Å². The van der Waals surface area contributed by atoms with Crippen LogP contribution in [0.5, 0.6) is 0 Å². The lowest BCUT2D eigenvalue weighted by atomic mass is 10.1. The Morgan fingerprint density at radius 3 is 2.39 bits per heavy atom. The number of alkyl halides is 3. The number of aryl methyl sites for hydroxylation is 1. The Morgan fingerprint density at radius 2 is 1.73 bits per heavy atom. The average molecular weight is 492 g/mol. The molecule has 0 amide bonds. The molecule has 5 nitrogen and oxygen atoms in total. The third-order valence-corrected chi connectivity index (χ3v) is 7.40. The lowest BCUT2D eigenvalue weighted by Crippen LogP contribution is -2.17. The molecule has 0 bridgehead atoms. The summed E-state index contributed by atoms with van der Waals surface area (Å²) in [4.78, 5) is 11.9. The van der Waals surface area contributed by atoms with Gasteiger partial charge in [-0.25, -0.2) is 13.2 Å². The minimum Gasteiger partial charge on any atom is -0.478 e. The predicted molar refractivity (Wildman–Crippen MR) is 121 cm³/mol. The van der Waals surface area contributed by atoms with Gasteiger partial charge < -0.3 is 5.11 Å². The first-order valence-electron chi connectivity index (χ1n) is 9.52. The number of carboxylic acid groups (broad SMARTS) is 1. The molecular formula is C23H16F3NO4S2. The van der Waals surface area contributed by atoms with Crippen LogP contribution in [0.2, 0.25) is 0 Å². The van der Waals surface area contributed by atoms with Gasteiger partial charge in [-0.15, -0.1) is 11.3 Å². The van der Waals surface area contributed by atoms with Gasteiger partial charge in [-0.1, -0.05) is 24.3 Å². The number of aromatic carboxylic acids is 1. The molecule has 0 fully saturated rings. The first kappa shape index (κ1) is 22.8. The Balaban J connectivity index is 1.79. The highest BCUT2D eigenvalue weighted by Crippen LogP contribution is 2.36.